The Bertz CT molecular complexity index is 1350. The average molecular weight is 513 g/mol. The van der Waals surface area contributed by atoms with Crippen LogP contribution in [0.15, 0.2) is 79.4 Å². The van der Waals surface area contributed by atoms with Crippen LogP contribution in [-0.2, 0) is 10.2 Å². The number of fused-ring (bicyclic) bond motifs is 2. The van der Waals surface area contributed by atoms with E-state index in [0.29, 0.717) is 17.7 Å². The summed E-state index contributed by atoms with van der Waals surface area (Å²) < 4.78 is 5.42. The molecule has 5 rings (SSSR count). The molecule has 1 unspecified atom stereocenters. The Morgan fingerprint density at radius 3 is 2.68 bits per heavy atom. The van der Waals surface area contributed by atoms with Gasteiger partial charge in [-0.05, 0) is 66.4 Å². The van der Waals surface area contributed by atoms with Crippen LogP contribution in [0.2, 0.25) is 0 Å². The molecule has 1 heterocycles. The Morgan fingerprint density at radius 1 is 1.13 bits per heavy atom. The quantitative estimate of drug-likeness (QED) is 0.292. The fraction of sp³-hybridized carbons (Fsp3) is 0.375. The lowest BCUT2D eigenvalue weighted by Gasteiger charge is -2.56. The zero-order valence-corrected chi connectivity index (χ0v) is 22.2. The summed E-state index contributed by atoms with van der Waals surface area (Å²) in [5, 5.41) is 13.7. The van der Waals surface area contributed by atoms with E-state index in [-0.39, 0.29) is 29.3 Å². The van der Waals surface area contributed by atoms with Crippen molar-refractivity contribution >= 4 is 22.6 Å². The lowest BCUT2D eigenvalue weighted by molar-refractivity contribution is -0.131. The molecule has 1 aliphatic carbocycles. The number of esters is 1. The van der Waals surface area contributed by atoms with Crippen LogP contribution >= 0.6 is 0 Å². The van der Waals surface area contributed by atoms with E-state index in [0.717, 1.165) is 48.8 Å². The third kappa shape index (κ3) is 4.98. The Morgan fingerprint density at radius 2 is 1.92 bits per heavy atom. The fourth-order valence-corrected chi connectivity index (χ4v) is 6.62. The summed E-state index contributed by atoms with van der Waals surface area (Å²) >= 11 is 0. The van der Waals surface area contributed by atoms with Crippen LogP contribution in [0.4, 0.5) is 0 Å². The second-order valence-electron chi connectivity index (χ2n) is 10.8. The predicted octanol–water partition coefficient (Wildman–Crippen LogP) is 4.81. The summed E-state index contributed by atoms with van der Waals surface area (Å²) in [7, 11) is 1.85. The van der Waals surface area contributed by atoms with Gasteiger partial charge < -0.3 is 14.7 Å². The van der Waals surface area contributed by atoms with Gasteiger partial charge in [-0.2, -0.15) is 0 Å². The van der Waals surface area contributed by atoms with E-state index in [1.54, 1.807) is 6.07 Å². The number of piperidine rings is 1. The summed E-state index contributed by atoms with van der Waals surface area (Å²) in [6.07, 6.45) is 3.41. The SMILES string of the molecule is C=CCN1CC[C@@]2(c3cccc(OC(C)=O)c3)C[C@H](N(C)C(=O)c3ccc4ccccc4c3)CC(O)[C@@H]2C1. The molecule has 0 radical (unpaired) electrons. The minimum atomic E-state index is -0.578. The number of amides is 1. The number of carbonyl (C=O) groups is 2. The number of aliphatic hydroxyl groups is 1. The van der Waals surface area contributed by atoms with E-state index >= 15 is 0 Å². The normalized spacial score (nSPS) is 25.4. The molecular weight excluding hydrogens is 476 g/mol. The van der Waals surface area contributed by atoms with Crippen LogP contribution < -0.4 is 4.74 Å². The molecule has 1 saturated heterocycles. The van der Waals surface area contributed by atoms with Crippen molar-refractivity contribution in [2.24, 2.45) is 5.92 Å². The molecule has 2 fully saturated rings. The first kappa shape index (κ1) is 26.1. The molecule has 3 aromatic carbocycles. The van der Waals surface area contributed by atoms with Crippen LogP contribution in [0.3, 0.4) is 0 Å². The van der Waals surface area contributed by atoms with Gasteiger partial charge in [0, 0.05) is 50.0 Å². The third-order valence-corrected chi connectivity index (χ3v) is 8.54. The van der Waals surface area contributed by atoms with E-state index in [1.807, 2.05) is 72.6 Å². The summed E-state index contributed by atoms with van der Waals surface area (Å²) in [6, 6.07) is 21.4. The van der Waals surface area contributed by atoms with E-state index in [2.05, 4.69) is 17.5 Å². The third-order valence-electron chi connectivity index (χ3n) is 8.54. The number of benzene rings is 3. The highest BCUT2D eigenvalue weighted by Gasteiger charge is 2.53. The summed E-state index contributed by atoms with van der Waals surface area (Å²) in [5.41, 5.74) is 1.35. The van der Waals surface area contributed by atoms with Crippen molar-refractivity contribution < 1.29 is 19.4 Å². The summed E-state index contributed by atoms with van der Waals surface area (Å²) in [6.45, 7) is 7.68. The van der Waals surface area contributed by atoms with Gasteiger partial charge in [0.15, 0.2) is 0 Å². The number of aliphatic hydroxyl groups excluding tert-OH is 1. The van der Waals surface area contributed by atoms with Gasteiger partial charge in [0.25, 0.3) is 5.91 Å². The van der Waals surface area contributed by atoms with Crippen molar-refractivity contribution in [3.63, 3.8) is 0 Å². The molecule has 0 aromatic heterocycles. The van der Waals surface area contributed by atoms with E-state index < -0.39 is 6.10 Å². The van der Waals surface area contributed by atoms with Crippen LogP contribution in [0.5, 0.6) is 5.75 Å². The van der Waals surface area contributed by atoms with Gasteiger partial charge in [-0.25, -0.2) is 0 Å². The molecule has 1 N–H and O–H groups in total. The molecule has 0 spiro atoms. The van der Waals surface area contributed by atoms with Crippen LogP contribution in [0, 0.1) is 5.92 Å². The van der Waals surface area contributed by atoms with E-state index in [9.17, 15) is 14.7 Å². The smallest absolute Gasteiger partial charge is 0.308 e. The topological polar surface area (TPSA) is 70.1 Å². The molecule has 6 nitrogen and oxygen atoms in total. The number of nitrogens with zero attached hydrogens (tertiary/aromatic N) is 2. The van der Waals surface area contributed by atoms with Crippen molar-refractivity contribution in [1.29, 1.82) is 0 Å². The molecular formula is C32H36N2O4. The monoisotopic (exact) mass is 512 g/mol. The van der Waals surface area contributed by atoms with Crippen molar-refractivity contribution in [2.75, 3.05) is 26.7 Å². The highest BCUT2D eigenvalue weighted by molar-refractivity contribution is 5.98. The van der Waals surface area contributed by atoms with Crippen molar-refractivity contribution in [2.45, 2.75) is 43.7 Å². The number of ether oxygens (including phenoxy) is 1. The van der Waals surface area contributed by atoms with Crippen LogP contribution in [0.1, 0.15) is 42.1 Å². The van der Waals surface area contributed by atoms with Gasteiger partial charge in [0.05, 0.1) is 6.10 Å². The Balaban J connectivity index is 1.48. The number of carbonyl (C=O) groups excluding carboxylic acids is 2. The lowest BCUT2D eigenvalue weighted by atomic mass is 9.56. The van der Waals surface area contributed by atoms with Gasteiger partial charge in [-0.3, -0.25) is 14.5 Å². The fourth-order valence-electron chi connectivity index (χ4n) is 6.62. The molecule has 1 aliphatic heterocycles. The van der Waals surface area contributed by atoms with Crippen molar-refractivity contribution in [3.8, 4) is 5.75 Å². The molecule has 38 heavy (non-hydrogen) atoms. The van der Waals surface area contributed by atoms with Gasteiger partial charge >= 0.3 is 5.97 Å². The first-order valence-corrected chi connectivity index (χ1v) is 13.4. The number of likely N-dealkylation sites (tertiary alicyclic amines) is 1. The highest BCUT2D eigenvalue weighted by Crippen LogP contribution is 2.50. The van der Waals surface area contributed by atoms with Crippen molar-refractivity contribution in [1.82, 2.24) is 9.80 Å². The second-order valence-corrected chi connectivity index (χ2v) is 10.8. The molecule has 6 heteroatoms. The van der Waals surface area contributed by atoms with Crippen LogP contribution in [-0.4, -0.2) is 65.6 Å². The van der Waals surface area contributed by atoms with E-state index in [1.165, 1.54) is 6.92 Å². The lowest BCUT2D eigenvalue weighted by Crippen LogP contribution is -2.61. The Labute approximate surface area is 224 Å². The van der Waals surface area contributed by atoms with Gasteiger partial charge in [0.1, 0.15) is 5.75 Å². The van der Waals surface area contributed by atoms with Gasteiger partial charge in [-0.15, -0.1) is 6.58 Å². The number of hydrogen-bond acceptors (Lipinski definition) is 5. The summed E-state index contributed by atoms with van der Waals surface area (Å²) in [5.74, 6) is 0.0941. The maximum absolute atomic E-state index is 13.7. The number of rotatable bonds is 6. The molecule has 198 valence electrons. The predicted molar refractivity (Wildman–Crippen MR) is 149 cm³/mol. The molecule has 4 atom stereocenters. The maximum atomic E-state index is 13.7. The first-order valence-electron chi connectivity index (χ1n) is 13.4. The standard InChI is InChI=1S/C32H36N2O4/c1-4-15-34-16-14-32(26-10-7-11-28(18-26)38-22(2)35)20-27(19-30(36)29(32)21-34)33(3)31(37)25-13-12-23-8-5-6-9-24(23)17-25/h4-13,17-18,27,29-30,36H,1,14-16,19-21H2,2-3H3/t27-,29+,30?,32+/m1/s1. The summed E-state index contributed by atoms with van der Waals surface area (Å²) in [4.78, 5) is 29.5. The Kier molecular flexibility index (Phi) is 7.37. The van der Waals surface area contributed by atoms with E-state index in [4.69, 9.17) is 4.74 Å². The zero-order chi connectivity index (χ0) is 26.9. The van der Waals surface area contributed by atoms with Gasteiger partial charge in [0.2, 0.25) is 0 Å². The first-order chi connectivity index (χ1) is 18.3. The largest absolute Gasteiger partial charge is 0.427 e. The molecule has 3 aromatic rings. The second kappa shape index (κ2) is 10.7. The minimum absolute atomic E-state index is 0.0100. The zero-order valence-electron chi connectivity index (χ0n) is 22.2. The molecule has 1 saturated carbocycles. The maximum Gasteiger partial charge on any atom is 0.308 e. The average Bonchev–Trinajstić information content (AvgIpc) is 2.92. The molecule has 2 aliphatic rings. The molecule has 1 amide bonds. The van der Waals surface area contributed by atoms with Crippen LogP contribution in [0.25, 0.3) is 10.8 Å². The minimum Gasteiger partial charge on any atom is -0.427 e. The van der Waals surface area contributed by atoms with Crippen molar-refractivity contribution in [3.05, 3.63) is 90.5 Å². The molecule has 0 bridgehead atoms. The van der Waals surface area contributed by atoms with Gasteiger partial charge in [-0.1, -0.05) is 48.5 Å². The highest BCUT2D eigenvalue weighted by atomic mass is 16.5. The Hall–Kier alpha value is -3.48. The number of hydrogen-bond donors (Lipinski definition) is 1.